The van der Waals surface area contributed by atoms with Gasteiger partial charge in [-0.1, -0.05) is 5.16 Å². The molecule has 2 heterocycles. The Morgan fingerprint density at radius 3 is 2.96 bits per heavy atom. The molecule has 134 valence electrons. The van der Waals surface area contributed by atoms with E-state index >= 15 is 0 Å². The number of hydrogen-bond donors (Lipinski definition) is 2. The highest BCUT2D eigenvalue weighted by Crippen LogP contribution is 2.25. The van der Waals surface area contributed by atoms with Crippen LogP contribution in [0.5, 0.6) is 5.75 Å². The average Bonchev–Trinajstić information content (AvgIpc) is 2.99. The molecular formula is C16H23BN4O3S. The highest BCUT2D eigenvalue weighted by Gasteiger charge is 2.24. The first-order valence-electron chi connectivity index (χ1n) is 8.41. The number of aromatic nitrogens is 1. The standard InChI is InChI=1S/C16H23BN4O3S/c1-12-19-15-8-14(2-3-16(15)25-12)23-10-13(20-22)9-21-6-4-17(5-7-21)24-11-18/h2-3,8,22H,4-7,9-11,18H2,1H3/b20-13-. The molecule has 1 aromatic carbocycles. The first kappa shape index (κ1) is 18.1. The van der Waals surface area contributed by atoms with Crippen LogP contribution >= 0.6 is 11.3 Å². The van der Waals surface area contributed by atoms with Crippen LogP contribution in [0, 0.1) is 6.92 Å². The maximum Gasteiger partial charge on any atom is 0.297 e. The van der Waals surface area contributed by atoms with Crippen molar-refractivity contribution in [2.45, 2.75) is 19.6 Å². The van der Waals surface area contributed by atoms with Crippen molar-refractivity contribution in [2.24, 2.45) is 10.9 Å². The third kappa shape index (κ3) is 4.91. The molecule has 0 unspecified atom stereocenters. The normalized spacial score (nSPS) is 16.6. The van der Waals surface area contributed by atoms with E-state index in [1.54, 1.807) is 11.3 Å². The monoisotopic (exact) mass is 362 g/mol. The molecule has 9 heteroatoms. The van der Waals surface area contributed by atoms with Crippen LogP contribution in [0.2, 0.25) is 12.6 Å². The van der Waals surface area contributed by atoms with Crippen molar-refractivity contribution in [1.29, 1.82) is 0 Å². The lowest BCUT2D eigenvalue weighted by molar-refractivity contribution is 0.266. The average molecular weight is 362 g/mol. The molecule has 25 heavy (non-hydrogen) atoms. The molecule has 2 aromatic rings. The topological polar surface area (TPSA) is 93.2 Å². The van der Waals surface area contributed by atoms with Crippen LogP contribution in [-0.4, -0.2) is 60.7 Å². The summed E-state index contributed by atoms with van der Waals surface area (Å²) in [6.45, 7) is 5.13. The van der Waals surface area contributed by atoms with E-state index in [2.05, 4.69) is 15.0 Å². The number of thiazole rings is 1. The van der Waals surface area contributed by atoms with E-state index in [4.69, 9.17) is 15.1 Å². The summed E-state index contributed by atoms with van der Waals surface area (Å²) in [5.41, 5.74) is 6.96. The van der Waals surface area contributed by atoms with Crippen molar-refractivity contribution in [2.75, 3.05) is 33.0 Å². The lowest BCUT2D eigenvalue weighted by Crippen LogP contribution is -2.42. The molecule has 0 radical (unpaired) electrons. The first-order valence-corrected chi connectivity index (χ1v) is 9.23. The van der Waals surface area contributed by atoms with E-state index in [9.17, 15) is 5.21 Å². The summed E-state index contributed by atoms with van der Waals surface area (Å²) >= 11 is 1.66. The summed E-state index contributed by atoms with van der Waals surface area (Å²) in [7, 11) is 0. The van der Waals surface area contributed by atoms with Gasteiger partial charge in [0.15, 0.2) is 0 Å². The summed E-state index contributed by atoms with van der Waals surface area (Å²) in [5.74, 6) is 0.731. The second kappa shape index (κ2) is 8.62. The lowest BCUT2D eigenvalue weighted by atomic mass is 9.59. The van der Waals surface area contributed by atoms with Gasteiger partial charge in [-0.2, -0.15) is 0 Å². The lowest BCUT2D eigenvalue weighted by Gasteiger charge is -2.29. The predicted octanol–water partition coefficient (Wildman–Crippen LogP) is 2.05. The number of oxime groups is 1. The predicted molar refractivity (Wildman–Crippen MR) is 101 cm³/mol. The van der Waals surface area contributed by atoms with Crippen molar-refractivity contribution in [3.8, 4) is 5.75 Å². The van der Waals surface area contributed by atoms with Gasteiger partial charge in [0.25, 0.3) is 6.92 Å². The fraction of sp³-hybridized carbons (Fsp3) is 0.500. The molecule has 3 N–H and O–H groups in total. The fourth-order valence-electron chi connectivity index (χ4n) is 3.01. The van der Waals surface area contributed by atoms with Crippen LogP contribution in [0.15, 0.2) is 23.4 Å². The minimum Gasteiger partial charge on any atom is -0.487 e. The van der Waals surface area contributed by atoms with Crippen LogP contribution in [0.25, 0.3) is 10.2 Å². The highest BCUT2D eigenvalue weighted by atomic mass is 32.1. The molecular weight excluding hydrogens is 339 g/mol. The molecule has 1 aliphatic heterocycles. The number of nitrogens with two attached hydrogens (primary N) is 1. The number of rotatable bonds is 7. The highest BCUT2D eigenvalue weighted by molar-refractivity contribution is 7.18. The summed E-state index contributed by atoms with van der Waals surface area (Å²) in [4.78, 5) is 6.70. The zero-order valence-electron chi connectivity index (χ0n) is 14.4. The molecule has 0 atom stereocenters. The number of fused-ring (bicyclic) bond motifs is 1. The first-order chi connectivity index (χ1) is 12.2. The van der Waals surface area contributed by atoms with Gasteiger partial charge in [0.2, 0.25) is 0 Å². The molecule has 0 amide bonds. The SMILES string of the molecule is Cc1nc2cc(OC/C(CN3CCB(OCN)CC3)=N\O)ccc2s1. The fourth-order valence-corrected chi connectivity index (χ4v) is 3.82. The van der Waals surface area contributed by atoms with Crippen LogP contribution in [-0.2, 0) is 4.65 Å². The van der Waals surface area contributed by atoms with Gasteiger partial charge in [0.05, 0.1) is 22.0 Å². The Balaban J connectivity index is 1.50. The van der Waals surface area contributed by atoms with Gasteiger partial charge < -0.3 is 20.3 Å². The van der Waals surface area contributed by atoms with Gasteiger partial charge in [-0.3, -0.25) is 4.90 Å². The van der Waals surface area contributed by atoms with Crippen molar-refractivity contribution >= 4 is 34.2 Å². The Morgan fingerprint density at radius 2 is 2.24 bits per heavy atom. The van der Waals surface area contributed by atoms with E-state index in [1.165, 1.54) is 0 Å². The van der Waals surface area contributed by atoms with Gasteiger partial charge in [0.1, 0.15) is 18.1 Å². The minimum absolute atomic E-state index is 0.236. The Labute approximate surface area is 151 Å². The molecule has 3 rings (SSSR count). The smallest absolute Gasteiger partial charge is 0.297 e. The van der Waals surface area contributed by atoms with E-state index in [1.807, 2.05) is 25.1 Å². The molecule has 0 spiro atoms. The number of ether oxygens (including phenoxy) is 1. The van der Waals surface area contributed by atoms with E-state index in [-0.39, 0.29) is 20.3 Å². The summed E-state index contributed by atoms with van der Waals surface area (Å²) in [5, 5.41) is 13.7. The van der Waals surface area contributed by atoms with Crippen LogP contribution in [0.3, 0.4) is 0 Å². The van der Waals surface area contributed by atoms with Crippen LogP contribution in [0.1, 0.15) is 5.01 Å². The molecule has 7 nitrogen and oxygen atoms in total. The molecule has 1 saturated heterocycles. The maximum atomic E-state index is 9.28. The number of aryl methyl sites for hydroxylation is 1. The molecule has 0 aliphatic carbocycles. The summed E-state index contributed by atoms with van der Waals surface area (Å²) < 4.78 is 12.4. The van der Waals surface area contributed by atoms with E-state index in [0.29, 0.717) is 12.3 Å². The van der Waals surface area contributed by atoms with Gasteiger partial charge in [-0.25, -0.2) is 4.98 Å². The van der Waals surface area contributed by atoms with Gasteiger partial charge >= 0.3 is 0 Å². The van der Waals surface area contributed by atoms with Gasteiger partial charge in [-0.05, 0) is 44.8 Å². The number of hydrogen-bond acceptors (Lipinski definition) is 8. The Hall–Kier alpha value is -1.68. The maximum absolute atomic E-state index is 9.28. The molecule has 0 bridgehead atoms. The molecule has 1 fully saturated rings. The zero-order valence-corrected chi connectivity index (χ0v) is 15.2. The summed E-state index contributed by atoms with van der Waals surface area (Å²) in [6, 6.07) is 5.85. The van der Waals surface area contributed by atoms with E-state index < -0.39 is 0 Å². The second-order valence-corrected chi connectivity index (χ2v) is 7.36. The Kier molecular flexibility index (Phi) is 6.25. The van der Waals surface area contributed by atoms with Crippen molar-refractivity contribution in [3.05, 3.63) is 23.2 Å². The third-order valence-corrected chi connectivity index (χ3v) is 5.24. The van der Waals surface area contributed by atoms with Gasteiger partial charge in [0, 0.05) is 12.6 Å². The molecule has 1 aromatic heterocycles. The minimum atomic E-state index is 0.236. The van der Waals surface area contributed by atoms with Gasteiger partial charge in [-0.15, -0.1) is 11.3 Å². The van der Waals surface area contributed by atoms with Crippen molar-refractivity contribution in [1.82, 2.24) is 9.88 Å². The van der Waals surface area contributed by atoms with Crippen molar-refractivity contribution < 1.29 is 14.6 Å². The number of nitrogens with zero attached hydrogens (tertiary/aromatic N) is 3. The van der Waals surface area contributed by atoms with Crippen LogP contribution in [0.4, 0.5) is 0 Å². The Bertz CT molecular complexity index is 731. The Morgan fingerprint density at radius 1 is 1.44 bits per heavy atom. The number of benzene rings is 1. The van der Waals surface area contributed by atoms with Crippen LogP contribution < -0.4 is 10.5 Å². The largest absolute Gasteiger partial charge is 0.487 e. The molecule has 1 aliphatic rings. The summed E-state index contributed by atoms with van der Waals surface area (Å²) in [6.07, 6.45) is 1.88. The quantitative estimate of drug-likeness (QED) is 0.257. The van der Waals surface area contributed by atoms with Crippen molar-refractivity contribution in [3.63, 3.8) is 0 Å². The zero-order chi connectivity index (χ0) is 17.6. The van der Waals surface area contributed by atoms with E-state index in [0.717, 1.165) is 46.7 Å². The third-order valence-electron chi connectivity index (χ3n) is 4.29. The second-order valence-electron chi connectivity index (χ2n) is 6.13. The molecule has 0 saturated carbocycles.